The van der Waals surface area contributed by atoms with Gasteiger partial charge in [-0.05, 0) is 35.8 Å². The maximum absolute atomic E-state index is 6.20. The van der Waals surface area contributed by atoms with Crippen molar-refractivity contribution >= 4 is 61.2 Å². The molecule has 90 valence electrons. The molecular formula is C11H6BrClN4S. The first-order valence-corrected chi connectivity index (χ1v) is 7.03. The summed E-state index contributed by atoms with van der Waals surface area (Å²) in [5.74, 6) is 0.623. The van der Waals surface area contributed by atoms with Crippen LogP contribution in [0.15, 0.2) is 28.1 Å². The van der Waals surface area contributed by atoms with Gasteiger partial charge in [-0.2, -0.15) is 0 Å². The van der Waals surface area contributed by atoms with E-state index in [4.69, 9.17) is 11.6 Å². The van der Waals surface area contributed by atoms with E-state index in [0.29, 0.717) is 10.9 Å². The number of aromatic amines is 1. The Labute approximate surface area is 120 Å². The zero-order chi connectivity index (χ0) is 12.5. The minimum absolute atomic E-state index is 0.509. The third-order valence-electron chi connectivity index (χ3n) is 2.32. The fourth-order valence-electron chi connectivity index (χ4n) is 1.53. The van der Waals surface area contributed by atoms with Crippen LogP contribution in [0.5, 0.6) is 0 Å². The molecule has 3 aromatic rings. The maximum Gasteiger partial charge on any atom is 0.150 e. The highest BCUT2D eigenvalue weighted by Crippen LogP contribution is 2.24. The third kappa shape index (κ3) is 2.31. The van der Waals surface area contributed by atoms with Crippen molar-refractivity contribution in [2.45, 2.75) is 0 Å². The highest BCUT2D eigenvalue weighted by atomic mass is 79.9. The second-order valence-electron chi connectivity index (χ2n) is 3.57. The summed E-state index contributed by atoms with van der Waals surface area (Å²) in [6.07, 6.45) is 1.73. The Kier molecular flexibility index (Phi) is 3.15. The molecule has 0 aliphatic carbocycles. The Morgan fingerprint density at radius 3 is 3.11 bits per heavy atom. The van der Waals surface area contributed by atoms with Gasteiger partial charge in [-0.1, -0.05) is 32.0 Å². The van der Waals surface area contributed by atoms with Gasteiger partial charge in [-0.15, -0.1) is 5.10 Å². The fraction of sp³-hybridized carbons (Fsp3) is 0. The lowest BCUT2D eigenvalue weighted by Gasteiger charge is -1.90. The molecule has 7 heteroatoms. The molecule has 1 N–H and O–H groups in total. The van der Waals surface area contributed by atoms with Crippen LogP contribution in [0.2, 0.25) is 0 Å². The predicted molar refractivity (Wildman–Crippen MR) is 77.4 cm³/mol. The van der Waals surface area contributed by atoms with Crippen LogP contribution in [0.3, 0.4) is 0 Å². The van der Waals surface area contributed by atoms with Gasteiger partial charge in [0.05, 0.1) is 21.8 Å². The number of fused-ring (bicyclic) bond motifs is 1. The molecule has 0 saturated heterocycles. The summed E-state index contributed by atoms with van der Waals surface area (Å²) in [6, 6.07) is 5.82. The molecule has 4 nitrogen and oxygen atoms in total. The Morgan fingerprint density at radius 1 is 1.44 bits per heavy atom. The number of hydrogen-bond donors (Lipinski definition) is 1. The predicted octanol–water partition coefficient (Wildman–Crippen LogP) is 3.91. The van der Waals surface area contributed by atoms with E-state index < -0.39 is 0 Å². The monoisotopic (exact) mass is 340 g/mol. The van der Waals surface area contributed by atoms with Crippen molar-refractivity contribution in [3.05, 3.63) is 39.6 Å². The van der Waals surface area contributed by atoms with E-state index in [1.54, 1.807) is 6.08 Å². The van der Waals surface area contributed by atoms with Crippen molar-refractivity contribution in [3.63, 3.8) is 0 Å². The normalized spacial score (nSPS) is 12.2. The third-order valence-corrected chi connectivity index (χ3v) is 3.63. The number of hydrogen-bond acceptors (Lipinski definition) is 4. The average Bonchev–Trinajstić information content (AvgIpc) is 2.96. The Morgan fingerprint density at radius 2 is 2.33 bits per heavy atom. The summed E-state index contributed by atoms with van der Waals surface area (Å²) < 4.78 is 4.77. The van der Waals surface area contributed by atoms with Crippen LogP contribution in [0.4, 0.5) is 0 Å². The SMILES string of the molecule is ClC(=Cc1csnn1)c1nc2ccc(Br)cc2[nH]1. The van der Waals surface area contributed by atoms with Gasteiger partial charge in [0.15, 0.2) is 0 Å². The van der Waals surface area contributed by atoms with Crippen molar-refractivity contribution < 1.29 is 0 Å². The number of nitrogens with zero attached hydrogens (tertiary/aromatic N) is 3. The largest absolute Gasteiger partial charge is 0.337 e. The molecule has 0 saturated carbocycles. The number of aromatic nitrogens is 4. The number of H-pyrrole nitrogens is 1. The summed E-state index contributed by atoms with van der Waals surface area (Å²) in [7, 11) is 0. The summed E-state index contributed by atoms with van der Waals surface area (Å²) >= 11 is 10.9. The number of benzene rings is 1. The highest BCUT2D eigenvalue weighted by Gasteiger charge is 2.07. The van der Waals surface area contributed by atoms with Gasteiger partial charge in [0, 0.05) is 9.85 Å². The van der Waals surface area contributed by atoms with Gasteiger partial charge < -0.3 is 4.98 Å². The van der Waals surface area contributed by atoms with Gasteiger partial charge in [0.1, 0.15) is 5.82 Å². The van der Waals surface area contributed by atoms with Crippen molar-refractivity contribution in [1.82, 2.24) is 19.6 Å². The van der Waals surface area contributed by atoms with Crippen LogP contribution in [0, 0.1) is 0 Å². The molecule has 0 fully saturated rings. The number of rotatable bonds is 2. The van der Waals surface area contributed by atoms with Gasteiger partial charge in [-0.25, -0.2) is 4.98 Å². The second kappa shape index (κ2) is 4.79. The average molecular weight is 342 g/mol. The van der Waals surface area contributed by atoms with E-state index in [1.807, 2.05) is 23.6 Å². The molecule has 2 heterocycles. The molecule has 0 aliphatic rings. The standard InChI is InChI=1S/C11H6BrClN4S/c12-6-1-2-9-10(3-6)15-11(14-9)8(13)4-7-5-18-17-16-7/h1-5H,(H,14,15). The Bertz CT molecular complexity index is 720. The molecule has 0 spiro atoms. The van der Waals surface area contributed by atoms with Crippen molar-refractivity contribution in [1.29, 1.82) is 0 Å². The summed E-state index contributed by atoms with van der Waals surface area (Å²) in [4.78, 5) is 7.58. The van der Waals surface area contributed by atoms with Crippen LogP contribution < -0.4 is 0 Å². The summed E-state index contributed by atoms with van der Waals surface area (Å²) in [6.45, 7) is 0. The first-order chi connectivity index (χ1) is 8.72. The van der Waals surface area contributed by atoms with Crippen molar-refractivity contribution in [2.75, 3.05) is 0 Å². The van der Waals surface area contributed by atoms with Crippen molar-refractivity contribution in [2.24, 2.45) is 0 Å². The Balaban J connectivity index is 2.04. The first-order valence-electron chi connectivity index (χ1n) is 5.02. The molecular weight excluding hydrogens is 336 g/mol. The van der Waals surface area contributed by atoms with E-state index in [-0.39, 0.29) is 0 Å². The first kappa shape index (κ1) is 11.8. The van der Waals surface area contributed by atoms with Gasteiger partial charge in [-0.3, -0.25) is 0 Å². The number of nitrogens with one attached hydrogen (secondary N) is 1. The molecule has 3 rings (SSSR count). The smallest absolute Gasteiger partial charge is 0.150 e. The highest BCUT2D eigenvalue weighted by molar-refractivity contribution is 9.10. The molecule has 0 radical (unpaired) electrons. The molecule has 0 bridgehead atoms. The lowest BCUT2D eigenvalue weighted by Crippen LogP contribution is -1.80. The molecule has 0 atom stereocenters. The molecule has 2 aromatic heterocycles. The Hall–Kier alpha value is -1.24. The second-order valence-corrected chi connectivity index (χ2v) is 5.50. The van der Waals surface area contributed by atoms with Gasteiger partial charge >= 0.3 is 0 Å². The molecule has 0 amide bonds. The van der Waals surface area contributed by atoms with E-state index >= 15 is 0 Å². The zero-order valence-electron chi connectivity index (χ0n) is 8.89. The van der Waals surface area contributed by atoms with Crippen LogP contribution in [-0.4, -0.2) is 19.6 Å². The molecule has 1 aromatic carbocycles. The topological polar surface area (TPSA) is 54.5 Å². The number of imidazole rings is 1. The van der Waals surface area contributed by atoms with Crippen LogP contribution >= 0.6 is 39.1 Å². The zero-order valence-corrected chi connectivity index (χ0v) is 12.1. The van der Waals surface area contributed by atoms with E-state index in [9.17, 15) is 0 Å². The fourth-order valence-corrected chi connectivity index (χ4v) is 2.50. The van der Waals surface area contributed by atoms with Crippen LogP contribution in [-0.2, 0) is 0 Å². The van der Waals surface area contributed by atoms with Crippen LogP contribution in [0.25, 0.3) is 22.1 Å². The van der Waals surface area contributed by atoms with Gasteiger partial charge in [0.25, 0.3) is 0 Å². The quantitative estimate of drug-likeness (QED) is 0.769. The minimum atomic E-state index is 0.509. The minimum Gasteiger partial charge on any atom is -0.337 e. The lowest BCUT2D eigenvalue weighted by atomic mass is 10.3. The number of halogens is 2. The van der Waals surface area contributed by atoms with E-state index in [2.05, 4.69) is 35.5 Å². The maximum atomic E-state index is 6.20. The van der Waals surface area contributed by atoms with Crippen LogP contribution in [0.1, 0.15) is 11.5 Å². The van der Waals surface area contributed by atoms with E-state index in [0.717, 1.165) is 21.2 Å². The van der Waals surface area contributed by atoms with E-state index in [1.165, 1.54) is 11.5 Å². The lowest BCUT2D eigenvalue weighted by molar-refractivity contribution is 1.14. The van der Waals surface area contributed by atoms with Crippen molar-refractivity contribution in [3.8, 4) is 0 Å². The van der Waals surface area contributed by atoms with Gasteiger partial charge in [0.2, 0.25) is 0 Å². The molecule has 0 unspecified atom stereocenters. The summed E-state index contributed by atoms with van der Waals surface area (Å²) in [5, 5.41) is 6.24. The molecule has 0 aliphatic heterocycles. The molecule has 18 heavy (non-hydrogen) atoms. The summed E-state index contributed by atoms with van der Waals surface area (Å²) in [5.41, 5.74) is 2.53.